The van der Waals surface area contributed by atoms with Gasteiger partial charge in [-0.3, -0.25) is 4.90 Å². The van der Waals surface area contributed by atoms with E-state index < -0.39 is 0 Å². The van der Waals surface area contributed by atoms with Crippen LogP contribution in [0.15, 0.2) is 0 Å². The number of hydrogen-bond acceptors (Lipinski definition) is 4. The minimum Gasteiger partial charge on any atom is -0.438 e. The third-order valence-corrected chi connectivity index (χ3v) is 4.88. The number of carbonyl (C=O) groups excluding carboxylic acids is 1. The predicted octanol–water partition coefficient (Wildman–Crippen LogP) is 1.24. The van der Waals surface area contributed by atoms with Crippen LogP contribution in [0.3, 0.4) is 0 Å². The standard InChI is InChI=1S/C15H27N3O2/c1-11(2)17-6-13(7-17)5-16-8-15(9-16)10-18(12(3)4)14(19)20-15/h11-13H,5-10H2,1-4H3. The van der Waals surface area contributed by atoms with Gasteiger partial charge in [0.25, 0.3) is 0 Å². The van der Waals surface area contributed by atoms with Crippen LogP contribution in [0.4, 0.5) is 4.79 Å². The summed E-state index contributed by atoms with van der Waals surface area (Å²) in [7, 11) is 0. The molecule has 0 aromatic rings. The van der Waals surface area contributed by atoms with Gasteiger partial charge < -0.3 is 14.5 Å². The summed E-state index contributed by atoms with van der Waals surface area (Å²) in [5.41, 5.74) is -0.206. The molecule has 0 atom stereocenters. The highest BCUT2D eigenvalue weighted by Crippen LogP contribution is 2.34. The third kappa shape index (κ3) is 2.42. The van der Waals surface area contributed by atoms with Crippen molar-refractivity contribution in [1.29, 1.82) is 0 Å². The van der Waals surface area contributed by atoms with Gasteiger partial charge in [-0.05, 0) is 33.6 Å². The Morgan fingerprint density at radius 3 is 2.30 bits per heavy atom. The minimum atomic E-state index is -0.206. The van der Waals surface area contributed by atoms with Gasteiger partial charge >= 0.3 is 6.09 Å². The molecule has 0 N–H and O–H groups in total. The molecule has 20 heavy (non-hydrogen) atoms. The molecule has 3 fully saturated rings. The lowest BCUT2D eigenvalue weighted by Gasteiger charge is -2.50. The largest absolute Gasteiger partial charge is 0.438 e. The molecule has 3 saturated heterocycles. The van der Waals surface area contributed by atoms with Gasteiger partial charge in [-0.2, -0.15) is 0 Å². The van der Waals surface area contributed by atoms with Crippen molar-refractivity contribution in [2.75, 3.05) is 39.3 Å². The molecular formula is C15H27N3O2. The van der Waals surface area contributed by atoms with Crippen molar-refractivity contribution in [1.82, 2.24) is 14.7 Å². The summed E-state index contributed by atoms with van der Waals surface area (Å²) in [6, 6.07) is 0.909. The normalized spacial score (nSPS) is 27.3. The SMILES string of the molecule is CC(C)N1CC(CN2CC3(C2)CN(C(C)C)C(=O)O3)C1. The monoisotopic (exact) mass is 281 g/mol. The summed E-state index contributed by atoms with van der Waals surface area (Å²) in [5.74, 6) is 0.799. The van der Waals surface area contributed by atoms with E-state index in [1.54, 1.807) is 0 Å². The van der Waals surface area contributed by atoms with Crippen LogP contribution in [0.25, 0.3) is 0 Å². The first-order chi connectivity index (χ1) is 9.38. The zero-order valence-corrected chi connectivity index (χ0v) is 13.1. The van der Waals surface area contributed by atoms with E-state index in [1.165, 1.54) is 13.1 Å². The van der Waals surface area contributed by atoms with Crippen LogP contribution in [0.1, 0.15) is 27.7 Å². The summed E-state index contributed by atoms with van der Waals surface area (Å²) in [4.78, 5) is 18.6. The van der Waals surface area contributed by atoms with Crippen molar-refractivity contribution in [3.63, 3.8) is 0 Å². The van der Waals surface area contributed by atoms with Crippen molar-refractivity contribution >= 4 is 6.09 Å². The second kappa shape index (κ2) is 4.88. The number of ether oxygens (including phenoxy) is 1. The maximum Gasteiger partial charge on any atom is 0.410 e. The van der Waals surface area contributed by atoms with Crippen LogP contribution in [0.2, 0.25) is 0 Å². The van der Waals surface area contributed by atoms with Crippen molar-refractivity contribution in [2.45, 2.75) is 45.4 Å². The molecule has 0 radical (unpaired) electrons. The lowest BCUT2D eigenvalue weighted by Crippen LogP contribution is -2.66. The van der Waals surface area contributed by atoms with E-state index in [0.717, 1.165) is 32.1 Å². The molecule has 1 amide bonds. The first-order valence-corrected chi connectivity index (χ1v) is 7.84. The Morgan fingerprint density at radius 2 is 1.80 bits per heavy atom. The molecule has 3 aliphatic rings. The average Bonchev–Trinajstić information content (AvgIpc) is 2.59. The number of hydrogen-bond donors (Lipinski definition) is 0. The fraction of sp³-hybridized carbons (Fsp3) is 0.933. The Labute approximate surface area is 121 Å². The van der Waals surface area contributed by atoms with Gasteiger partial charge in [0.15, 0.2) is 5.60 Å². The average molecular weight is 281 g/mol. The van der Waals surface area contributed by atoms with Gasteiger partial charge in [-0.25, -0.2) is 4.79 Å². The molecule has 0 saturated carbocycles. The van der Waals surface area contributed by atoms with E-state index in [9.17, 15) is 4.79 Å². The Balaban J connectivity index is 1.43. The summed E-state index contributed by atoms with van der Waals surface area (Å²) >= 11 is 0. The van der Waals surface area contributed by atoms with E-state index in [-0.39, 0.29) is 17.7 Å². The van der Waals surface area contributed by atoms with Crippen LogP contribution in [0.5, 0.6) is 0 Å². The van der Waals surface area contributed by atoms with E-state index >= 15 is 0 Å². The fourth-order valence-corrected chi connectivity index (χ4v) is 3.62. The molecule has 0 bridgehead atoms. The maximum atomic E-state index is 11.8. The van der Waals surface area contributed by atoms with Crippen LogP contribution in [-0.2, 0) is 4.74 Å². The summed E-state index contributed by atoms with van der Waals surface area (Å²) in [6.07, 6.45) is -0.130. The van der Waals surface area contributed by atoms with Crippen molar-refractivity contribution in [3.8, 4) is 0 Å². The number of carbonyl (C=O) groups is 1. The van der Waals surface area contributed by atoms with E-state index in [4.69, 9.17) is 4.74 Å². The van der Waals surface area contributed by atoms with Crippen molar-refractivity contribution < 1.29 is 9.53 Å². The molecule has 5 heteroatoms. The highest BCUT2D eigenvalue weighted by molar-refractivity contribution is 5.71. The Morgan fingerprint density at radius 1 is 1.15 bits per heavy atom. The molecule has 0 unspecified atom stereocenters. The number of likely N-dealkylation sites (tertiary alicyclic amines) is 2. The van der Waals surface area contributed by atoms with E-state index in [2.05, 4.69) is 23.6 Å². The van der Waals surface area contributed by atoms with Crippen molar-refractivity contribution in [3.05, 3.63) is 0 Å². The van der Waals surface area contributed by atoms with Gasteiger partial charge in [-0.1, -0.05) is 0 Å². The lowest BCUT2D eigenvalue weighted by molar-refractivity contribution is -0.0904. The van der Waals surface area contributed by atoms with Crippen LogP contribution >= 0.6 is 0 Å². The van der Waals surface area contributed by atoms with Gasteiger partial charge in [0.1, 0.15) is 0 Å². The molecule has 3 heterocycles. The van der Waals surface area contributed by atoms with Gasteiger partial charge in [-0.15, -0.1) is 0 Å². The van der Waals surface area contributed by atoms with Gasteiger partial charge in [0, 0.05) is 44.8 Å². The van der Waals surface area contributed by atoms with Crippen LogP contribution in [-0.4, -0.2) is 77.7 Å². The Kier molecular flexibility index (Phi) is 3.45. The van der Waals surface area contributed by atoms with E-state index in [1.807, 2.05) is 18.7 Å². The highest BCUT2D eigenvalue weighted by atomic mass is 16.6. The third-order valence-electron chi connectivity index (χ3n) is 4.88. The lowest BCUT2D eigenvalue weighted by atomic mass is 9.90. The molecule has 5 nitrogen and oxygen atoms in total. The fourth-order valence-electron chi connectivity index (χ4n) is 3.62. The Bertz CT molecular complexity index is 385. The summed E-state index contributed by atoms with van der Waals surface area (Å²) in [5, 5.41) is 0. The molecule has 3 aliphatic heterocycles. The molecule has 3 rings (SSSR count). The number of rotatable bonds is 4. The quantitative estimate of drug-likeness (QED) is 0.777. The molecule has 0 aromatic heterocycles. The van der Waals surface area contributed by atoms with Crippen LogP contribution < -0.4 is 0 Å². The molecule has 0 aliphatic carbocycles. The van der Waals surface area contributed by atoms with Gasteiger partial charge in [0.2, 0.25) is 0 Å². The Hall–Kier alpha value is -0.810. The van der Waals surface area contributed by atoms with E-state index in [0.29, 0.717) is 6.04 Å². The van der Waals surface area contributed by atoms with Crippen LogP contribution in [0, 0.1) is 5.92 Å². The molecule has 114 valence electrons. The summed E-state index contributed by atoms with van der Waals surface area (Å²) in [6.45, 7) is 14.8. The zero-order chi connectivity index (χ0) is 14.5. The number of nitrogens with zero attached hydrogens (tertiary/aromatic N) is 3. The topological polar surface area (TPSA) is 36.0 Å². The number of amides is 1. The second-order valence-electron chi connectivity index (χ2n) is 7.36. The first-order valence-electron chi connectivity index (χ1n) is 7.84. The first kappa shape index (κ1) is 14.1. The molecule has 1 spiro atoms. The second-order valence-corrected chi connectivity index (χ2v) is 7.36. The zero-order valence-electron chi connectivity index (χ0n) is 13.1. The highest BCUT2D eigenvalue weighted by Gasteiger charge is 2.54. The maximum absolute atomic E-state index is 11.8. The molecule has 0 aromatic carbocycles. The summed E-state index contributed by atoms with van der Waals surface area (Å²) < 4.78 is 5.62. The smallest absolute Gasteiger partial charge is 0.410 e. The molecular weight excluding hydrogens is 254 g/mol. The predicted molar refractivity (Wildman–Crippen MR) is 77.7 cm³/mol. The van der Waals surface area contributed by atoms with Gasteiger partial charge in [0.05, 0.1) is 6.54 Å². The minimum absolute atomic E-state index is 0.130. The van der Waals surface area contributed by atoms with Crippen molar-refractivity contribution in [2.24, 2.45) is 5.92 Å².